The van der Waals surface area contributed by atoms with Crippen molar-refractivity contribution in [3.63, 3.8) is 0 Å². The van der Waals surface area contributed by atoms with Crippen LogP contribution in [0.5, 0.6) is 11.5 Å². The summed E-state index contributed by atoms with van der Waals surface area (Å²) >= 11 is 12.0. The molecule has 2 aromatic carbocycles. The Morgan fingerprint density at radius 2 is 1.81 bits per heavy atom. The molecule has 2 aromatic rings. The van der Waals surface area contributed by atoms with Crippen molar-refractivity contribution in [3.8, 4) is 11.5 Å². The molecule has 110 valence electrons. The summed E-state index contributed by atoms with van der Waals surface area (Å²) in [5, 5.41) is 32.8. The molecule has 0 spiro atoms. The summed E-state index contributed by atoms with van der Waals surface area (Å²) in [5.74, 6) is -0.425. The number of halogens is 2. The molecule has 2 N–H and O–H groups in total. The van der Waals surface area contributed by atoms with Gasteiger partial charge in [0.05, 0.1) is 16.4 Å². The van der Waals surface area contributed by atoms with Crippen molar-refractivity contribution in [2.45, 2.75) is 19.3 Å². The zero-order valence-corrected chi connectivity index (χ0v) is 12.8. The number of nitrogens with zero attached hydrogens (tertiary/aromatic N) is 1. The van der Waals surface area contributed by atoms with Gasteiger partial charge in [-0.1, -0.05) is 42.8 Å². The predicted molar refractivity (Wildman–Crippen MR) is 80.1 cm³/mol. The summed E-state index contributed by atoms with van der Waals surface area (Å²) in [7, 11) is 0. The lowest BCUT2D eigenvalue weighted by molar-refractivity contribution is -0.267. The highest BCUT2D eigenvalue weighted by atomic mass is 35.5. The van der Waals surface area contributed by atoms with E-state index in [9.17, 15) is 15.4 Å². The fourth-order valence-electron chi connectivity index (χ4n) is 2.75. The molecule has 0 bridgehead atoms. The maximum absolute atomic E-state index is 11.9. The largest absolute Gasteiger partial charge is 0.870 e. The number of phenols is 1. The number of aromatic hydroxyl groups is 1. The van der Waals surface area contributed by atoms with Gasteiger partial charge in [0.2, 0.25) is 0 Å². The highest BCUT2D eigenvalue weighted by Crippen LogP contribution is 2.54. The lowest BCUT2D eigenvalue weighted by atomic mass is 9.74. The summed E-state index contributed by atoms with van der Waals surface area (Å²) < 4.78 is 0. The van der Waals surface area contributed by atoms with E-state index >= 15 is 0 Å². The Bertz CT molecular complexity index is 759. The minimum atomic E-state index is -0.580. The first-order valence-corrected chi connectivity index (χ1v) is 7.02. The van der Waals surface area contributed by atoms with Crippen LogP contribution in [0.4, 0.5) is 11.4 Å². The van der Waals surface area contributed by atoms with Gasteiger partial charge >= 0.3 is 0 Å². The first kappa shape index (κ1) is 14.3. The van der Waals surface area contributed by atoms with E-state index in [4.69, 9.17) is 23.2 Å². The third-order valence-electron chi connectivity index (χ3n) is 3.92. The van der Waals surface area contributed by atoms with Crippen LogP contribution in [0.1, 0.15) is 25.0 Å². The molecule has 21 heavy (non-hydrogen) atoms. The molecule has 0 unspecified atom stereocenters. The number of fused-ring (bicyclic) bond motifs is 2. The minimum absolute atomic E-state index is 0.00354. The molecule has 1 aliphatic heterocycles. The number of anilines is 2. The maximum atomic E-state index is 11.9. The smallest absolute Gasteiger partial charge is 0.116 e. The molecule has 0 aromatic heterocycles. The second-order valence-corrected chi connectivity index (χ2v) is 6.32. The van der Waals surface area contributed by atoms with Crippen molar-refractivity contribution in [1.82, 2.24) is 0 Å². The highest BCUT2D eigenvalue weighted by Gasteiger charge is 2.38. The Kier molecular flexibility index (Phi) is 3.03. The fourth-order valence-corrected chi connectivity index (χ4v) is 3.29. The average Bonchev–Trinajstić information content (AvgIpc) is 2.42. The van der Waals surface area contributed by atoms with Gasteiger partial charge in [0, 0.05) is 10.4 Å². The third-order valence-corrected chi connectivity index (χ3v) is 4.55. The van der Waals surface area contributed by atoms with Crippen LogP contribution >= 0.6 is 23.2 Å². The second-order valence-electron chi connectivity index (χ2n) is 5.54. The van der Waals surface area contributed by atoms with E-state index < -0.39 is 11.2 Å². The van der Waals surface area contributed by atoms with Crippen LogP contribution in [0.25, 0.3) is 0 Å². The minimum Gasteiger partial charge on any atom is -0.870 e. The summed E-state index contributed by atoms with van der Waals surface area (Å²) in [4.78, 5) is 0. The standard InChI is InChI=1S/C15H13Cl2NO3/c1-15(2)8-5-7(19)3-4-11(8)18(21)13-9(15)6-10(16)14(20)12(13)17/h3-6,19-21H,1-2H3/p-1. The maximum Gasteiger partial charge on any atom is 0.116 e. The van der Waals surface area contributed by atoms with E-state index in [1.165, 1.54) is 12.1 Å². The predicted octanol–water partition coefficient (Wildman–Crippen LogP) is 3.94. The van der Waals surface area contributed by atoms with Crippen LogP contribution < -0.4 is 10.2 Å². The number of rotatable bonds is 0. The van der Waals surface area contributed by atoms with Crippen LogP contribution in [-0.4, -0.2) is 10.3 Å². The molecule has 0 aliphatic carbocycles. The van der Waals surface area contributed by atoms with Gasteiger partial charge in [-0.25, -0.2) is 5.06 Å². The molecule has 1 heterocycles. The molecule has 4 nitrogen and oxygen atoms in total. The quantitative estimate of drug-likeness (QED) is 0.770. The first-order valence-electron chi connectivity index (χ1n) is 6.27. The monoisotopic (exact) mass is 324 g/mol. The molecule has 0 radical (unpaired) electrons. The Labute approximate surface area is 131 Å². The Hall–Kier alpha value is -1.62. The molecule has 3 rings (SSSR count). The fraction of sp³-hybridized carbons (Fsp3) is 0.200. The molecule has 0 fully saturated rings. The number of phenolic OH excluding ortho intramolecular Hbond substituents is 1. The molecule has 6 heteroatoms. The molecular weight excluding hydrogens is 313 g/mol. The van der Waals surface area contributed by atoms with Gasteiger partial charge < -0.3 is 10.2 Å². The molecule has 0 amide bonds. The third kappa shape index (κ3) is 1.87. The van der Waals surface area contributed by atoms with E-state index in [1.54, 1.807) is 12.1 Å². The van der Waals surface area contributed by atoms with E-state index in [-0.39, 0.29) is 21.5 Å². The van der Waals surface area contributed by atoms with Gasteiger partial charge in [-0.15, -0.1) is 0 Å². The molecule has 0 saturated heterocycles. The summed E-state index contributed by atoms with van der Waals surface area (Å²) in [6.07, 6.45) is 0. The van der Waals surface area contributed by atoms with Gasteiger partial charge in [0.15, 0.2) is 0 Å². The van der Waals surface area contributed by atoms with E-state index in [0.717, 1.165) is 5.06 Å². The lowest BCUT2D eigenvalue weighted by Crippen LogP contribution is -2.31. The Morgan fingerprint density at radius 1 is 1.14 bits per heavy atom. The zero-order valence-electron chi connectivity index (χ0n) is 11.3. The lowest BCUT2D eigenvalue weighted by Gasteiger charge is -2.40. The zero-order chi connectivity index (χ0) is 15.5. The van der Waals surface area contributed by atoms with Crippen LogP contribution in [0.2, 0.25) is 10.0 Å². The van der Waals surface area contributed by atoms with Crippen molar-refractivity contribution in [2.24, 2.45) is 0 Å². The van der Waals surface area contributed by atoms with Gasteiger partial charge in [-0.05, 0) is 35.4 Å². The van der Waals surface area contributed by atoms with Crippen LogP contribution in [0, 0.1) is 0 Å². The summed E-state index contributed by atoms with van der Waals surface area (Å²) in [6, 6.07) is 6.13. The normalized spacial score (nSPS) is 15.6. The number of benzene rings is 2. The summed E-state index contributed by atoms with van der Waals surface area (Å²) in [6.45, 7) is 3.82. The SMILES string of the molecule is CC1(C)c2cc(O)ccc2N(O)c2c1cc(Cl)c([O-])c2Cl. The first-order chi connectivity index (χ1) is 9.75. The summed E-state index contributed by atoms with van der Waals surface area (Å²) in [5.41, 5.74) is 1.45. The van der Waals surface area contributed by atoms with Crippen molar-refractivity contribution >= 4 is 34.6 Å². The van der Waals surface area contributed by atoms with E-state index in [0.29, 0.717) is 16.8 Å². The average molecular weight is 325 g/mol. The molecule has 1 aliphatic rings. The van der Waals surface area contributed by atoms with Crippen molar-refractivity contribution in [1.29, 1.82) is 0 Å². The van der Waals surface area contributed by atoms with Crippen molar-refractivity contribution in [2.75, 3.05) is 5.06 Å². The second kappa shape index (κ2) is 4.44. The van der Waals surface area contributed by atoms with Crippen molar-refractivity contribution in [3.05, 3.63) is 45.4 Å². The van der Waals surface area contributed by atoms with Gasteiger partial charge in [0.25, 0.3) is 0 Å². The van der Waals surface area contributed by atoms with Gasteiger partial charge in [-0.2, -0.15) is 0 Å². The molecular formula is C15H12Cl2NO3-. The molecule has 0 atom stereocenters. The van der Waals surface area contributed by atoms with E-state index in [1.807, 2.05) is 13.8 Å². The van der Waals surface area contributed by atoms with Gasteiger partial charge in [0.1, 0.15) is 5.75 Å². The van der Waals surface area contributed by atoms with Gasteiger partial charge in [-0.3, -0.25) is 5.21 Å². The number of hydrogen-bond acceptors (Lipinski definition) is 4. The highest BCUT2D eigenvalue weighted by molar-refractivity contribution is 6.39. The van der Waals surface area contributed by atoms with Crippen LogP contribution in [0.15, 0.2) is 24.3 Å². The van der Waals surface area contributed by atoms with Crippen LogP contribution in [-0.2, 0) is 5.41 Å². The Morgan fingerprint density at radius 3 is 2.48 bits per heavy atom. The number of hydrogen-bond donors (Lipinski definition) is 2. The van der Waals surface area contributed by atoms with E-state index in [2.05, 4.69) is 0 Å². The van der Waals surface area contributed by atoms with Crippen LogP contribution in [0.3, 0.4) is 0 Å². The van der Waals surface area contributed by atoms with Crippen molar-refractivity contribution < 1.29 is 15.4 Å². The Balaban J connectivity index is 2.40. The molecule has 0 saturated carbocycles. The topological polar surface area (TPSA) is 66.8 Å².